The van der Waals surface area contributed by atoms with Gasteiger partial charge >= 0.3 is 0 Å². The molecule has 176 valence electrons. The molecule has 10 nitrogen and oxygen atoms in total. The number of nitrogens with zero attached hydrogens (tertiary/aromatic N) is 4. The molecule has 1 aliphatic carbocycles. The summed E-state index contributed by atoms with van der Waals surface area (Å²) in [5, 5.41) is 12.7. The van der Waals surface area contributed by atoms with E-state index in [2.05, 4.69) is 32.0 Å². The summed E-state index contributed by atoms with van der Waals surface area (Å²) in [5.41, 5.74) is 19.3. The van der Waals surface area contributed by atoms with Crippen LogP contribution in [-0.2, 0) is 4.79 Å². The molecular weight excluding hydrogens is 444 g/mol. The Kier molecular flexibility index (Phi) is 6.56. The fourth-order valence-electron chi connectivity index (χ4n) is 3.77. The van der Waals surface area contributed by atoms with Crippen LogP contribution in [0.15, 0.2) is 100 Å². The molecule has 1 heterocycles. The van der Waals surface area contributed by atoms with Crippen molar-refractivity contribution in [1.29, 1.82) is 0 Å². The van der Waals surface area contributed by atoms with Crippen LogP contribution in [0.1, 0.15) is 23.6 Å². The number of nitrogens with one attached hydrogen (secondary N) is 1. The largest absolute Gasteiger partial charge is 0.392 e. The van der Waals surface area contributed by atoms with E-state index >= 15 is 0 Å². The second-order valence-corrected chi connectivity index (χ2v) is 7.45. The van der Waals surface area contributed by atoms with Gasteiger partial charge in [0.2, 0.25) is 11.6 Å². The van der Waals surface area contributed by atoms with Crippen LogP contribution < -0.4 is 27.7 Å². The highest BCUT2D eigenvalue weighted by atomic mass is 16.6. The highest BCUT2D eigenvalue weighted by molar-refractivity contribution is 6.26. The number of nitrogen functional groups attached to an aromatic ring is 1. The second-order valence-electron chi connectivity index (χ2n) is 7.45. The Balaban J connectivity index is 1.75. The van der Waals surface area contributed by atoms with Gasteiger partial charge in [0.05, 0.1) is 11.4 Å². The van der Waals surface area contributed by atoms with Crippen LogP contribution in [0.2, 0.25) is 0 Å². The van der Waals surface area contributed by atoms with Crippen molar-refractivity contribution in [2.75, 3.05) is 10.7 Å². The Morgan fingerprint density at radius 2 is 1.77 bits per heavy atom. The maximum absolute atomic E-state index is 13.2. The summed E-state index contributed by atoms with van der Waals surface area (Å²) in [7, 11) is 0. The summed E-state index contributed by atoms with van der Waals surface area (Å²) in [6.07, 6.45) is 5.62. The van der Waals surface area contributed by atoms with Gasteiger partial charge < -0.3 is 11.5 Å². The number of rotatable bonds is 7. The van der Waals surface area contributed by atoms with E-state index in [9.17, 15) is 4.79 Å². The summed E-state index contributed by atoms with van der Waals surface area (Å²) < 4.78 is 4.64. The molecule has 35 heavy (non-hydrogen) atoms. The minimum atomic E-state index is -0.679. The van der Waals surface area contributed by atoms with Gasteiger partial charge in [0.1, 0.15) is 5.70 Å². The molecule has 0 fully saturated rings. The number of carbonyl (C=O) groups excluding carboxylic acids is 1. The summed E-state index contributed by atoms with van der Waals surface area (Å²) in [5.74, 6) is 5.50. The third kappa shape index (κ3) is 4.33. The van der Waals surface area contributed by atoms with Crippen LogP contribution in [0.5, 0.6) is 0 Å². The van der Waals surface area contributed by atoms with Crippen LogP contribution in [0.25, 0.3) is 11.3 Å². The molecule has 2 aromatic carbocycles. The number of nitrogens with two attached hydrogens (primary N) is 3. The Labute approximate surface area is 201 Å². The highest BCUT2D eigenvalue weighted by Gasteiger charge is 2.26. The highest BCUT2D eigenvalue weighted by Crippen LogP contribution is 2.34. The second kappa shape index (κ2) is 9.89. The number of anilines is 2. The molecule has 0 saturated heterocycles. The molecule has 0 atom stereocenters. The topological polar surface area (TPSA) is 162 Å². The van der Waals surface area contributed by atoms with Crippen LogP contribution in [0.3, 0.4) is 0 Å². The Morgan fingerprint density at radius 1 is 1.09 bits per heavy atom. The number of hydrazine groups is 1. The maximum Gasteiger partial charge on any atom is 0.289 e. The van der Waals surface area contributed by atoms with Crippen molar-refractivity contribution in [2.24, 2.45) is 16.7 Å². The van der Waals surface area contributed by atoms with Crippen LogP contribution >= 0.6 is 0 Å². The molecule has 0 bridgehead atoms. The molecule has 0 spiro atoms. The van der Waals surface area contributed by atoms with Crippen molar-refractivity contribution < 1.29 is 9.42 Å². The smallest absolute Gasteiger partial charge is 0.289 e. The van der Waals surface area contributed by atoms with Gasteiger partial charge in [-0.1, -0.05) is 79.4 Å². The summed E-state index contributed by atoms with van der Waals surface area (Å²) >= 11 is 0. The number of hydrogen-bond donors (Lipinski definition) is 4. The van der Waals surface area contributed by atoms with E-state index in [1.807, 2.05) is 49.4 Å². The zero-order valence-corrected chi connectivity index (χ0v) is 19.0. The molecule has 0 radical (unpaired) electrons. The molecular formula is C25H24N8O2. The van der Waals surface area contributed by atoms with Gasteiger partial charge in [0, 0.05) is 16.7 Å². The van der Waals surface area contributed by atoms with Gasteiger partial charge in [-0.15, -0.1) is 0 Å². The average Bonchev–Trinajstić information content (AvgIpc) is 3.44. The van der Waals surface area contributed by atoms with Crippen LogP contribution in [-0.4, -0.2) is 21.9 Å². The standard InChI is InChI=1S/C25H24N8O2/c1-3-10-17-16(4-2)21(19-14-9-8-13-18(17)19)29-30-25(34)20(26)22(15-11-6-5-7-12-15)33(28)24-23(27)31-35-32-24/h3-14H,2,26,28H2,1H3,(H2,27,31)(H,30,34)/b10-3-,22-20-,29-21+. The molecule has 3 aromatic rings. The number of hydrogen-bond acceptors (Lipinski definition) is 9. The van der Waals surface area contributed by atoms with Gasteiger partial charge in [0.15, 0.2) is 0 Å². The Hall–Kier alpha value is -4.96. The molecule has 1 aromatic heterocycles. The molecule has 7 N–H and O–H groups in total. The van der Waals surface area contributed by atoms with Gasteiger partial charge in [-0.05, 0) is 28.4 Å². The summed E-state index contributed by atoms with van der Waals surface area (Å²) in [6, 6.07) is 16.6. The quantitative estimate of drug-likeness (QED) is 0.234. The van der Waals surface area contributed by atoms with Crippen LogP contribution in [0.4, 0.5) is 11.6 Å². The first kappa shape index (κ1) is 23.2. The lowest BCUT2D eigenvalue weighted by molar-refractivity contribution is -0.117. The number of amides is 1. The maximum atomic E-state index is 13.2. The fraction of sp³-hybridized carbons (Fsp3) is 0.0400. The van der Waals surface area contributed by atoms with E-state index in [1.54, 1.807) is 30.3 Å². The Morgan fingerprint density at radius 3 is 2.40 bits per heavy atom. The molecule has 1 aliphatic rings. The molecule has 0 saturated carbocycles. The van der Waals surface area contributed by atoms with E-state index in [1.165, 1.54) is 0 Å². The number of hydrazone groups is 1. The van der Waals surface area contributed by atoms with E-state index < -0.39 is 5.91 Å². The zero-order chi connectivity index (χ0) is 24.9. The molecule has 10 heteroatoms. The lowest BCUT2D eigenvalue weighted by atomic mass is 10.1. The van der Waals surface area contributed by atoms with Gasteiger partial charge in [-0.25, -0.2) is 15.9 Å². The predicted octanol–water partition coefficient (Wildman–Crippen LogP) is 2.71. The SMILES string of the molecule is C=CC1=C(/C=C\C)c2ccccc2/C1=N/NC(=O)/C(N)=C(\c1ccccc1)N(N)c1nonc1N. The first-order valence-electron chi connectivity index (χ1n) is 10.6. The van der Waals surface area contributed by atoms with Crippen molar-refractivity contribution in [1.82, 2.24) is 15.7 Å². The normalized spacial score (nSPS) is 14.7. The number of benzene rings is 2. The number of fused-ring (bicyclic) bond motifs is 1. The monoisotopic (exact) mass is 468 g/mol. The van der Waals surface area contributed by atoms with Gasteiger partial charge in [-0.3, -0.25) is 9.80 Å². The lowest BCUT2D eigenvalue weighted by Gasteiger charge is -2.21. The van der Waals surface area contributed by atoms with Crippen molar-refractivity contribution in [2.45, 2.75) is 6.92 Å². The molecule has 0 unspecified atom stereocenters. The van der Waals surface area contributed by atoms with E-state index in [-0.39, 0.29) is 23.0 Å². The van der Waals surface area contributed by atoms with Gasteiger partial charge in [-0.2, -0.15) is 5.10 Å². The van der Waals surface area contributed by atoms with Crippen molar-refractivity contribution in [3.63, 3.8) is 0 Å². The summed E-state index contributed by atoms with van der Waals surface area (Å²) in [6.45, 7) is 5.85. The lowest BCUT2D eigenvalue weighted by Crippen LogP contribution is -2.36. The first-order chi connectivity index (χ1) is 17.0. The van der Waals surface area contributed by atoms with E-state index in [4.69, 9.17) is 17.3 Å². The van der Waals surface area contributed by atoms with Crippen molar-refractivity contribution in [3.8, 4) is 0 Å². The number of carbonyl (C=O) groups is 1. The van der Waals surface area contributed by atoms with Crippen LogP contribution in [0, 0.1) is 0 Å². The molecule has 0 aliphatic heterocycles. The summed E-state index contributed by atoms with van der Waals surface area (Å²) in [4.78, 5) is 13.2. The molecule has 1 amide bonds. The van der Waals surface area contributed by atoms with Gasteiger partial charge in [0.25, 0.3) is 5.91 Å². The molecule has 4 rings (SSSR count). The van der Waals surface area contributed by atoms with E-state index in [0.717, 1.165) is 27.3 Å². The number of aromatic nitrogens is 2. The minimum absolute atomic E-state index is 0.00325. The van der Waals surface area contributed by atoms with Crippen molar-refractivity contribution in [3.05, 3.63) is 107 Å². The Bertz CT molecular complexity index is 1400. The average molecular weight is 469 g/mol. The third-order valence-corrected chi connectivity index (χ3v) is 5.34. The third-order valence-electron chi connectivity index (χ3n) is 5.34. The zero-order valence-electron chi connectivity index (χ0n) is 19.0. The minimum Gasteiger partial charge on any atom is -0.392 e. The first-order valence-corrected chi connectivity index (χ1v) is 10.6. The van der Waals surface area contributed by atoms with E-state index in [0.29, 0.717) is 11.3 Å². The van der Waals surface area contributed by atoms with Crippen molar-refractivity contribution >= 4 is 34.5 Å². The predicted molar refractivity (Wildman–Crippen MR) is 136 cm³/mol. The number of allylic oxidation sites excluding steroid dienone is 5. The fourth-order valence-corrected chi connectivity index (χ4v) is 3.77.